The Kier molecular flexibility index (Phi) is 12.2. The standard InChI is InChI=1S/C28H42N2OS2/c1-3-5-7-9-10-11-12-13-14-16-18-31-27-20-25-24(33-27)19-26(32-25)28-29-21-23(22-30-28)17-15-8-6-4-2/h19-22H,3-18H2,1-2H3. The van der Waals surface area contributed by atoms with Crippen LogP contribution in [0.15, 0.2) is 24.5 Å². The Hall–Kier alpha value is -1.46. The monoisotopic (exact) mass is 486 g/mol. The summed E-state index contributed by atoms with van der Waals surface area (Å²) in [6.07, 6.45) is 23.8. The molecule has 3 nitrogen and oxygen atoms in total. The van der Waals surface area contributed by atoms with Crippen molar-refractivity contribution in [1.82, 2.24) is 9.97 Å². The molecule has 33 heavy (non-hydrogen) atoms. The zero-order chi connectivity index (χ0) is 23.1. The maximum Gasteiger partial charge on any atom is 0.175 e. The maximum absolute atomic E-state index is 6.03. The minimum Gasteiger partial charge on any atom is -0.484 e. The van der Waals surface area contributed by atoms with Crippen LogP contribution in [0.4, 0.5) is 0 Å². The molecule has 0 aliphatic heterocycles. The fourth-order valence-corrected chi connectivity index (χ4v) is 6.33. The van der Waals surface area contributed by atoms with Gasteiger partial charge < -0.3 is 4.74 Å². The van der Waals surface area contributed by atoms with E-state index in [2.05, 4.69) is 35.9 Å². The fourth-order valence-electron chi connectivity index (χ4n) is 4.12. The molecule has 0 aliphatic carbocycles. The molecule has 0 amide bonds. The van der Waals surface area contributed by atoms with Crippen molar-refractivity contribution in [3.63, 3.8) is 0 Å². The summed E-state index contributed by atoms with van der Waals surface area (Å²) in [5, 5.41) is 1.04. The van der Waals surface area contributed by atoms with Crippen LogP contribution < -0.4 is 4.74 Å². The third-order valence-corrected chi connectivity index (χ3v) is 8.37. The molecule has 5 heteroatoms. The van der Waals surface area contributed by atoms with E-state index in [0.29, 0.717) is 0 Å². The van der Waals surface area contributed by atoms with Crippen molar-refractivity contribution in [2.45, 2.75) is 110 Å². The predicted molar refractivity (Wildman–Crippen MR) is 146 cm³/mol. The number of rotatable bonds is 18. The number of nitrogens with zero attached hydrogens (tertiary/aromatic N) is 2. The lowest BCUT2D eigenvalue weighted by molar-refractivity contribution is 0.313. The second-order valence-electron chi connectivity index (χ2n) is 9.16. The number of ether oxygens (including phenoxy) is 1. The first-order valence-electron chi connectivity index (χ1n) is 13.3. The third kappa shape index (κ3) is 9.36. The Morgan fingerprint density at radius 2 is 1.24 bits per heavy atom. The van der Waals surface area contributed by atoms with Crippen LogP contribution in [0.25, 0.3) is 20.1 Å². The lowest BCUT2D eigenvalue weighted by Crippen LogP contribution is -1.95. The van der Waals surface area contributed by atoms with Gasteiger partial charge in [-0.1, -0.05) is 102 Å². The van der Waals surface area contributed by atoms with Crippen molar-refractivity contribution in [2.75, 3.05) is 6.61 Å². The molecule has 3 aromatic rings. The average Bonchev–Trinajstić information content (AvgIpc) is 3.40. The molecule has 3 aromatic heterocycles. The van der Waals surface area contributed by atoms with E-state index in [1.165, 1.54) is 98.4 Å². The van der Waals surface area contributed by atoms with Gasteiger partial charge in [0, 0.05) is 27.9 Å². The molecule has 0 N–H and O–H groups in total. The highest BCUT2D eigenvalue weighted by Gasteiger charge is 2.11. The molecule has 0 unspecified atom stereocenters. The first-order chi connectivity index (χ1) is 16.3. The van der Waals surface area contributed by atoms with E-state index in [1.54, 1.807) is 22.7 Å². The van der Waals surface area contributed by atoms with Gasteiger partial charge in [-0.05, 0) is 30.9 Å². The van der Waals surface area contributed by atoms with Gasteiger partial charge in [-0.15, -0.1) is 11.3 Å². The van der Waals surface area contributed by atoms with Crippen molar-refractivity contribution in [1.29, 1.82) is 0 Å². The Labute approximate surface area is 209 Å². The molecular formula is C28H42N2OS2. The molecule has 0 saturated heterocycles. The first-order valence-corrected chi connectivity index (χ1v) is 14.9. The molecule has 0 saturated carbocycles. The largest absolute Gasteiger partial charge is 0.484 e. The summed E-state index contributed by atoms with van der Waals surface area (Å²) < 4.78 is 8.59. The van der Waals surface area contributed by atoms with E-state index in [-0.39, 0.29) is 0 Å². The molecule has 3 rings (SSSR count). The highest BCUT2D eigenvalue weighted by atomic mass is 32.1. The number of hydrogen-bond donors (Lipinski definition) is 0. The van der Waals surface area contributed by atoms with Gasteiger partial charge in [0.25, 0.3) is 0 Å². The minimum atomic E-state index is 0.833. The van der Waals surface area contributed by atoms with Gasteiger partial charge in [0.1, 0.15) is 0 Å². The molecule has 0 atom stereocenters. The number of thiophene rings is 2. The molecule has 0 spiro atoms. The highest BCUT2D eigenvalue weighted by Crippen LogP contribution is 2.40. The number of aromatic nitrogens is 2. The van der Waals surface area contributed by atoms with Crippen molar-refractivity contribution >= 4 is 32.1 Å². The molecule has 182 valence electrons. The smallest absolute Gasteiger partial charge is 0.175 e. The molecule has 0 bridgehead atoms. The van der Waals surface area contributed by atoms with Crippen LogP contribution in [-0.4, -0.2) is 16.6 Å². The van der Waals surface area contributed by atoms with Gasteiger partial charge in [0.15, 0.2) is 10.9 Å². The van der Waals surface area contributed by atoms with Gasteiger partial charge in [-0.3, -0.25) is 0 Å². The first kappa shape index (κ1) is 26.2. The maximum atomic E-state index is 6.03. The Bertz CT molecular complexity index is 869. The summed E-state index contributed by atoms with van der Waals surface area (Å²) in [6, 6.07) is 4.40. The van der Waals surface area contributed by atoms with Gasteiger partial charge in [-0.2, -0.15) is 0 Å². The Balaban J connectivity index is 1.33. The van der Waals surface area contributed by atoms with Crippen LogP contribution in [0, 0.1) is 0 Å². The van der Waals surface area contributed by atoms with E-state index in [1.807, 2.05) is 12.4 Å². The Morgan fingerprint density at radius 3 is 1.88 bits per heavy atom. The topological polar surface area (TPSA) is 35.0 Å². The molecule has 0 fully saturated rings. The van der Waals surface area contributed by atoms with Gasteiger partial charge in [0.05, 0.1) is 11.5 Å². The lowest BCUT2D eigenvalue weighted by Gasteiger charge is -2.04. The predicted octanol–water partition coefficient (Wildman–Crippen LogP) is 9.84. The fraction of sp³-hybridized carbons (Fsp3) is 0.643. The van der Waals surface area contributed by atoms with Crippen molar-refractivity contribution < 1.29 is 4.74 Å². The second-order valence-corrected chi connectivity index (χ2v) is 11.3. The van der Waals surface area contributed by atoms with Crippen LogP contribution >= 0.6 is 22.7 Å². The molecule has 3 heterocycles. The van der Waals surface area contributed by atoms with E-state index in [4.69, 9.17) is 4.74 Å². The zero-order valence-electron chi connectivity index (χ0n) is 20.7. The van der Waals surface area contributed by atoms with Crippen molar-refractivity contribution in [3.8, 4) is 15.8 Å². The summed E-state index contributed by atoms with van der Waals surface area (Å²) in [5.74, 6) is 0.841. The van der Waals surface area contributed by atoms with Crippen LogP contribution in [0.3, 0.4) is 0 Å². The SMILES string of the molecule is CCCCCCCCCCCCOc1cc2sc(-c3ncc(CCCCCC)cn3)cc2s1. The summed E-state index contributed by atoms with van der Waals surface area (Å²) in [6.45, 7) is 5.36. The molecule has 0 aromatic carbocycles. The minimum absolute atomic E-state index is 0.833. The summed E-state index contributed by atoms with van der Waals surface area (Å²) in [5.41, 5.74) is 1.25. The number of aryl methyl sites for hydroxylation is 1. The van der Waals surface area contributed by atoms with Gasteiger partial charge >= 0.3 is 0 Å². The van der Waals surface area contributed by atoms with E-state index < -0.39 is 0 Å². The number of fused-ring (bicyclic) bond motifs is 1. The molecule has 0 radical (unpaired) electrons. The lowest BCUT2D eigenvalue weighted by atomic mass is 10.1. The second kappa shape index (κ2) is 15.4. The van der Waals surface area contributed by atoms with Crippen LogP contribution in [0.1, 0.15) is 109 Å². The number of hydrogen-bond acceptors (Lipinski definition) is 5. The Morgan fingerprint density at radius 1 is 0.667 bits per heavy atom. The van der Waals surface area contributed by atoms with Crippen LogP contribution in [0.5, 0.6) is 5.06 Å². The quantitative estimate of drug-likeness (QED) is 0.168. The van der Waals surface area contributed by atoms with E-state index >= 15 is 0 Å². The number of unbranched alkanes of at least 4 members (excludes halogenated alkanes) is 12. The molecule has 0 aliphatic rings. The van der Waals surface area contributed by atoms with Gasteiger partial charge in [0.2, 0.25) is 0 Å². The zero-order valence-corrected chi connectivity index (χ0v) is 22.4. The average molecular weight is 487 g/mol. The van der Waals surface area contributed by atoms with Crippen molar-refractivity contribution in [3.05, 3.63) is 30.1 Å². The summed E-state index contributed by atoms with van der Waals surface area (Å²) in [4.78, 5) is 10.4. The van der Waals surface area contributed by atoms with Crippen molar-refractivity contribution in [2.24, 2.45) is 0 Å². The summed E-state index contributed by atoms with van der Waals surface area (Å²) >= 11 is 3.51. The van der Waals surface area contributed by atoms with Gasteiger partial charge in [-0.25, -0.2) is 9.97 Å². The van der Waals surface area contributed by atoms with Crippen LogP contribution in [-0.2, 0) is 6.42 Å². The summed E-state index contributed by atoms with van der Waals surface area (Å²) in [7, 11) is 0. The van der Waals surface area contributed by atoms with Crippen LogP contribution in [0.2, 0.25) is 0 Å². The highest BCUT2D eigenvalue weighted by molar-refractivity contribution is 7.30. The third-order valence-electron chi connectivity index (χ3n) is 6.17. The normalized spacial score (nSPS) is 11.5. The van der Waals surface area contributed by atoms with E-state index in [0.717, 1.165) is 35.2 Å². The van der Waals surface area contributed by atoms with E-state index in [9.17, 15) is 0 Å². The molecular weight excluding hydrogens is 444 g/mol.